The SMILES string of the molecule is O=C1CCC(C(=O)OCC(=O)Nc2ccccc2C(=O)NC2CCCC2)=NN1. The van der Waals surface area contributed by atoms with Gasteiger partial charge in [0.05, 0.1) is 11.3 Å². The smallest absolute Gasteiger partial charge is 0.355 e. The van der Waals surface area contributed by atoms with Crippen molar-refractivity contribution in [1.82, 2.24) is 10.7 Å². The first-order valence-electron chi connectivity index (χ1n) is 9.25. The molecule has 2 aliphatic rings. The van der Waals surface area contributed by atoms with Gasteiger partial charge in [0.25, 0.3) is 11.8 Å². The van der Waals surface area contributed by atoms with E-state index in [2.05, 4.69) is 21.2 Å². The van der Waals surface area contributed by atoms with E-state index in [1.165, 1.54) is 0 Å². The lowest BCUT2D eigenvalue weighted by atomic mass is 10.1. The van der Waals surface area contributed by atoms with E-state index in [9.17, 15) is 19.2 Å². The van der Waals surface area contributed by atoms with Gasteiger partial charge in [0, 0.05) is 18.9 Å². The van der Waals surface area contributed by atoms with Crippen molar-refractivity contribution in [3.63, 3.8) is 0 Å². The maximum atomic E-state index is 12.5. The Labute approximate surface area is 161 Å². The quantitative estimate of drug-likeness (QED) is 0.631. The Morgan fingerprint density at radius 3 is 2.61 bits per heavy atom. The van der Waals surface area contributed by atoms with Crippen molar-refractivity contribution in [3.05, 3.63) is 29.8 Å². The number of nitrogens with zero attached hydrogens (tertiary/aromatic N) is 1. The van der Waals surface area contributed by atoms with Gasteiger partial charge < -0.3 is 15.4 Å². The number of hydrogen-bond donors (Lipinski definition) is 3. The van der Waals surface area contributed by atoms with E-state index in [-0.39, 0.29) is 36.4 Å². The molecular formula is C19H22N4O5. The molecule has 1 aliphatic heterocycles. The molecule has 1 aliphatic carbocycles. The van der Waals surface area contributed by atoms with Crippen LogP contribution in [0.3, 0.4) is 0 Å². The number of nitrogens with one attached hydrogen (secondary N) is 3. The maximum Gasteiger partial charge on any atom is 0.355 e. The molecule has 0 unspecified atom stereocenters. The number of hydrogen-bond acceptors (Lipinski definition) is 6. The number of benzene rings is 1. The zero-order chi connectivity index (χ0) is 19.9. The summed E-state index contributed by atoms with van der Waals surface area (Å²) in [5, 5.41) is 9.19. The van der Waals surface area contributed by atoms with Crippen LogP contribution < -0.4 is 16.1 Å². The second-order valence-electron chi connectivity index (χ2n) is 6.72. The monoisotopic (exact) mass is 386 g/mol. The molecule has 3 amide bonds. The van der Waals surface area contributed by atoms with E-state index in [1.807, 2.05) is 0 Å². The molecule has 1 aromatic carbocycles. The van der Waals surface area contributed by atoms with Gasteiger partial charge in [-0.05, 0) is 25.0 Å². The molecule has 28 heavy (non-hydrogen) atoms. The zero-order valence-corrected chi connectivity index (χ0v) is 15.3. The summed E-state index contributed by atoms with van der Waals surface area (Å²) >= 11 is 0. The van der Waals surface area contributed by atoms with Gasteiger partial charge in [0.2, 0.25) is 5.91 Å². The number of anilines is 1. The lowest BCUT2D eigenvalue weighted by Crippen LogP contribution is -2.34. The summed E-state index contributed by atoms with van der Waals surface area (Å²) in [6.07, 6.45) is 4.43. The predicted molar refractivity (Wildman–Crippen MR) is 101 cm³/mol. The minimum absolute atomic E-state index is 0.0590. The Kier molecular flexibility index (Phi) is 6.36. The van der Waals surface area contributed by atoms with Crippen LogP contribution in [0.15, 0.2) is 29.4 Å². The number of carbonyl (C=O) groups excluding carboxylic acids is 4. The van der Waals surface area contributed by atoms with Crippen LogP contribution in [0.1, 0.15) is 48.9 Å². The second-order valence-corrected chi connectivity index (χ2v) is 6.72. The fourth-order valence-corrected chi connectivity index (χ4v) is 3.15. The van der Waals surface area contributed by atoms with Gasteiger partial charge in [-0.15, -0.1) is 0 Å². The Morgan fingerprint density at radius 1 is 1.14 bits per heavy atom. The van der Waals surface area contributed by atoms with Crippen LogP contribution in [0, 0.1) is 0 Å². The Hall–Kier alpha value is -3.23. The van der Waals surface area contributed by atoms with Crippen molar-refractivity contribution in [3.8, 4) is 0 Å². The molecular weight excluding hydrogens is 364 g/mol. The summed E-state index contributed by atoms with van der Waals surface area (Å²) in [6.45, 7) is -0.523. The molecule has 9 heteroatoms. The summed E-state index contributed by atoms with van der Waals surface area (Å²) in [5.41, 5.74) is 2.96. The number of carbonyl (C=O) groups is 4. The molecule has 3 rings (SSSR count). The molecule has 0 atom stereocenters. The van der Waals surface area contributed by atoms with Crippen molar-refractivity contribution in [2.45, 2.75) is 44.6 Å². The molecule has 148 valence electrons. The van der Waals surface area contributed by atoms with Crippen LogP contribution >= 0.6 is 0 Å². The third kappa shape index (κ3) is 5.15. The topological polar surface area (TPSA) is 126 Å². The van der Waals surface area contributed by atoms with Crippen LogP contribution in [0.2, 0.25) is 0 Å². The highest BCUT2D eigenvalue weighted by Crippen LogP contribution is 2.20. The lowest BCUT2D eigenvalue weighted by molar-refractivity contribution is -0.140. The van der Waals surface area contributed by atoms with Gasteiger partial charge in [-0.1, -0.05) is 25.0 Å². The van der Waals surface area contributed by atoms with Crippen LogP contribution in [0.25, 0.3) is 0 Å². The van der Waals surface area contributed by atoms with E-state index in [1.54, 1.807) is 24.3 Å². The first-order chi connectivity index (χ1) is 13.5. The molecule has 0 saturated heterocycles. The second kappa shape index (κ2) is 9.12. The highest BCUT2D eigenvalue weighted by atomic mass is 16.5. The van der Waals surface area contributed by atoms with Crippen molar-refractivity contribution in [1.29, 1.82) is 0 Å². The summed E-state index contributed by atoms with van der Waals surface area (Å²) in [6, 6.07) is 6.83. The number of ether oxygens (including phenoxy) is 1. The third-order valence-corrected chi connectivity index (χ3v) is 4.61. The van der Waals surface area contributed by atoms with Gasteiger partial charge >= 0.3 is 5.97 Å². The largest absolute Gasteiger partial charge is 0.451 e. The molecule has 0 radical (unpaired) electrons. The van der Waals surface area contributed by atoms with Crippen LogP contribution in [0.5, 0.6) is 0 Å². The fourth-order valence-electron chi connectivity index (χ4n) is 3.15. The summed E-state index contributed by atoms with van der Waals surface area (Å²) < 4.78 is 4.93. The molecule has 0 spiro atoms. The summed E-state index contributed by atoms with van der Waals surface area (Å²) in [7, 11) is 0. The summed E-state index contributed by atoms with van der Waals surface area (Å²) in [5.74, 6) is -1.86. The number of hydrazone groups is 1. The van der Waals surface area contributed by atoms with Crippen LogP contribution in [0.4, 0.5) is 5.69 Å². The maximum absolute atomic E-state index is 12.5. The molecule has 1 heterocycles. The predicted octanol–water partition coefficient (Wildman–Crippen LogP) is 1.11. The Balaban J connectivity index is 1.54. The Bertz CT molecular complexity index is 814. The lowest BCUT2D eigenvalue weighted by Gasteiger charge is -2.15. The third-order valence-electron chi connectivity index (χ3n) is 4.61. The van der Waals surface area contributed by atoms with E-state index in [4.69, 9.17) is 4.74 Å². The Morgan fingerprint density at radius 2 is 1.89 bits per heavy atom. The number of amides is 3. The summed E-state index contributed by atoms with van der Waals surface area (Å²) in [4.78, 5) is 47.6. The fraction of sp³-hybridized carbons (Fsp3) is 0.421. The molecule has 1 fully saturated rings. The highest BCUT2D eigenvalue weighted by molar-refractivity contribution is 6.37. The first-order valence-corrected chi connectivity index (χ1v) is 9.25. The van der Waals surface area contributed by atoms with E-state index < -0.39 is 18.5 Å². The van der Waals surface area contributed by atoms with Crippen LogP contribution in [-0.4, -0.2) is 42.1 Å². The minimum atomic E-state index is -0.762. The van der Waals surface area contributed by atoms with Crippen molar-refractivity contribution >= 4 is 35.1 Å². The minimum Gasteiger partial charge on any atom is -0.451 e. The number of para-hydroxylation sites is 1. The van der Waals surface area contributed by atoms with Gasteiger partial charge in [-0.3, -0.25) is 14.4 Å². The first kappa shape index (κ1) is 19.5. The van der Waals surface area contributed by atoms with Crippen molar-refractivity contribution < 1.29 is 23.9 Å². The van der Waals surface area contributed by atoms with E-state index >= 15 is 0 Å². The van der Waals surface area contributed by atoms with E-state index in [0.29, 0.717) is 11.3 Å². The molecule has 9 nitrogen and oxygen atoms in total. The van der Waals surface area contributed by atoms with Crippen molar-refractivity contribution in [2.24, 2.45) is 5.10 Å². The average Bonchev–Trinajstić information content (AvgIpc) is 3.20. The van der Waals surface area contributed by atoms with Crippen molar-refractivity contribution in [2.75, 3.05) is 11.9 Å². The number of esters is 1. The van der Waals surface area contributed by atoms with Gasteiger partial charge in [-0.25, -0.2) is 10.2 Å². The molecule has 3 N–H and O–H groups in total. The van der Waals surface area contributed by atoms with Gasteiger partial charge in [0.1, 0.15) is 5.71 Å². The highest BCUT2D eigenvalue weighted by Gasteiger charge is 2.22. The molecule has 0 aromatic heterocycles. The standard InChI is InChI=1S/C19H22N4O5/c24-16-10-9-15(22-23-16)19(27)28-11-17(25)21-14-8-4-3-7-13(14)18(26)20-12-5-1-2-6-12/h3-4,7-8,12H,1-2,5-6,9-11H2,(H,20,26)(H,21,25)(H,23,24). The molecule has 1 aromatic rings. The molecule has 1 saturated carbocycles. The number of rotatable bonds is 6. The van der Waals surface area contributed by atoms with E-state index in [0.717, 1.165) is 25.7 Å². The zero-order valence-electron chi connectivity index (χ0n) is 15.3. The van der Waals surface area contributed by atoms with Gasteiger partial charge in [-0.2, -0.15) is 5.10 Å². The van der Waals surface area contributed by atoms with Gasteiger partial charge in [0.15, 0.2) is 6.61 Å². The normalized spacial score (nSPS) is 16.7. The molecule has 0 bridgehead atoms. The average molecular weight is 386 g/mol. The van der Waals surface area contributed by atoms with Crippen LogP contribution in [-0.2, 0) is 19.1 Å².